The Balaban J connectivity index is 3.70. The largest absolute Gasteiger partial charge is 0.511 e. The highest BCUT2D eigenvalue weighted by Gasteiger charge is 2.16. The Morgan fingerprint density at radius 1 is 0.839 bits per heavy atom. The van der Waals surface area contributed by atoms with Gasteiger partial charge >= 0.3 is 18.2 Å². The van der Waals surface area contributed by atoms with Crippen LogP contribution in [0.3, 0.4) is 0 Å². The molecule has 1 atom stereocenters. The monoisotopic (exact) mass is 457 g/mol. The number of esters is 1. The molecule has 1 unspecified atom stereocenters. The minimum Gasteiger partial charge on any atom is -0.447 e. The fraction of sp³-hybridized carbons (Fsp3) is 0.786. The van der Waals surface area contributed by atoms with Crippen LogP contribution in [0.15, 0.2) is 0 Å². The van der Waals surface area contributed by atoms with Gasteiger partial charge in [-0.25, -0.2) is 9.59 Å². The zero-order valence-corrected chi connectivity index (χ0v) is 16.6. The van der Waals surface area contributed by atoms with E-state index in [4.69, 9.17) is 9.47 Å². The third-order valence-electron chi connectivity index (χ3n) is 2.78. The van der Waals surface area contributed by atoms with Crippen molar-refractivity contribution in [3.63, 3.8) is 0 Å². The maximum absolute atomic E-state index is 11.5. The average molecular weight is 457 g/mol. The van der Waals surface area contributed by atoms with Crippen LogP contribution in [-0.2, 0) is 38.2 Å². The smallest absolute Gasteiger partial charge is 0.447 e. The molecule has 0 rings (SSSR count). The second-order valence-corrected chi connectivity index (χ2v) is 5.20. The van der Waals surface area contributed by atoms with Crippen LogP contribution >= 0.6 is 0 Å². The van der Waals surface area contributed by atoms with Crippen molar-refractivity contribution in [3.8, 4) is 0 Å². The molecule has 0 aromatic carbocycles. The van der Waals surface area contributed by atoms with Gasteiger partial charge in [0.15, 0.2) is 0 Å². The van der Waals surface area contributed by atoms with Crippen molar-refractivity contribution in [1.82, 2.24) is 5.32 Å². The Labute approximate surface area is 175 Å². The minimum absolute atomic E-state index is 0.0469. The predicted molar refractivity (Wildman–Crippen MR) is 93.3 cm³/mol. The number of carbonyl (C=O) groups excluding carboxylic acids is 3. The summed E-state index contributed by atoms with van der Waals surface area (Å²) in [6.45, 7) is -0.122. The number of nitrogens with one attached hydrogen (secondary N) is 1. The van der Waals surface area contributed by atoms with E-state index in [9.17, 15) is 34.6 Å². The zero-order valence-electron chi connectivity index (χ0n) is 16.6. The molecule has 0 aliphatic carbocycles. The first kappa shape index (κ1) is 27.4. The van der Waals surface area contributed by atoms with Crippen LogP contribution in [0.25, 0.3) is 0 Å². The Kier molecular flexibility index (Phi) is 15.2. The van der Waals surface area contributed by atoms with Gasteiger partial charge in [0.25, 0.3) is 10.2 Å². The molecule has 0 bridgehead atoms. The van der Waals surface area contributed by atoms with E-state index in [1.807, 2.05) is 0 Å². The molecule has 17 nitrogen and oxygen atoms in total. The van der Waals surface area contributed by atoms with E-state index in [2.05, 4.69) is 29.2 Å². The summed E-state index contributed by atoms with van der Waals surface area (Å²) in [6.07, 6.45) is -2.79. The Morgan fingerprint density at radius 2 is 1.45 bits per heavy atom. The van der Waals surface area contributed by atoms with Gasteiger partial charge in [-0.05, 0) is 12.8 Å². The molecule has 0 aliphatic heterocycles. The highest BCUT2D eigenvalue weighted by atomic mass is 17.0. The van der Waals surface area contributed by atoms with Crippen LogP contribution in [0.4, 0.5) is 9.59 Å². The van der Waals surface area contributed by atoms with Crippen molar-refractivity contribution in [2.24, 2.45) is 0 Å². The summed E-state index contributed by atoms with van der Waals surface area (Å²) in [5, 5.41) is 20.0. The lowest BCUT2D eigenvalue weighted by Gasteiger charge is -2.14. The molecule has 0 fully saturated rings. The van der Waals surface area contributed by atoms with E-state index in [0.29, 0.717) is 6.42 Å². The average Bonchev–Trinajstić information content (AvgIpc) is 2.67. The molecule has 17 heteroatoms. The molecule has 0 spiro atoms. The molecule has 31 heavy (non-hydrogen) atoms. The summed E-state index contributed by atoms with van der Waals surface area (Å²) < 4.78 is 23.6. The van der Waals surface area contributed by atoms with E-state index in [1.165, 1.54) is 6.92 Å². The fourth-order valence-electron chi connectivity index (χ4n) is 1.58. The number of amides is 1. The summed E-state index contributed by atoms with van der Waals surface area (Å²) >= 11 is 0. The molecule has 0 saturated carbocycles. The molecule has 0 radical (unpaired) electrons. The summed E-state index contributed by atoms with van der Waals surface area (Å²) in [5.74, 6) is -0.928. The van der Waals surface area contributed by atoms with Gasteiger partial charge < -0.3 is 38.7 Å². The van der Waals surface area contributed by atoms with Gasteiger partial charge in [0, 0.05) is 6.92 Å². The fourth-order valence-corrected chi connectivity index (χ4v) is 1.58. The van der Waals surface area contributed by atoms with Gasteiger partial charge in [0.2, 0.25) is 6.29 Å². The normalized spacial score (nSPS) is 10.9. The topological polar surface area (TPSA) is 214 Å². The van der Waals surface area contributed by atoms with Gasteiger partial charge in [-0.1, -0.05) is 0 Å². The van der Waals surface area contributed by atoms with Crippen LogP contribution in [0, 0.1) is 20.2 Å². The first-order chi connectivity index (χ1) is 14.7. The molecule has 0 aliphatic rings. The molecule has 0 aromatic rings. The molecular formula is C14H23N3O14. The number of alkyl carbamates (subject to hydrolysis) is 1. The molecule has 178 valence electrons. The standard InChI is InChI=1S/C14H23N3O14/c1-11(31-14(20)27-4-2-3-5-28-16(21)22)30-12(18)10-15-13(19)26-8-6-25-7-9-29-17(23)24/h11H,2-10H2,1H3,(H,15,19). The Hall–Kier alpha value is -3.63. The highest BCUT2D eigenvalue weighted by molar-refractivity contribution is 5.78. The summed E-state index contributed by atoms with van der Waals surface area (Å²) in [6, 6.07) is 0. The third-order valence-corrected chi connectivity index (χ3v) is 2.78. The van der Waals surface area contributed by atoms with E-state index in [1.54, 1.807) is 0 Å². The van der Waals surface area contributed by atoms with Crippen LogP contribution in [0.2, 0.25) is 0 Å². The summed E-state index contributed by atoms with van der Waals surface area (Å²) in [7, 11) is 0. The van der Waals surface area contributed by atoms with Crippen molar-refractivity contribution in [1.29, 1.82) is 0 Å². The molecule has 0 heterocycles. The summed E-state index contributed by atoms with van der Waals surface area (Å²) in [5.41, 5.74) is 0. The predicted octanol–water partition coefficient (Wildman–Crippen LogP) is -0.0316. The van der Waals surface area contributed by atoms with Gasteiger partial charge in [-0.3, -0.25) is 4.79 Å². The van der Waals surface area contributed by atoms with Crippen LogP contribution in [0.5, 0.6) is 0 Å². The van der Waals surface area contributed by atoms with Crippen molar-refractivity contribution in [3.05, 3.63) is 20.2 Å². The lowest BCUT2D eigenvalue weighted by atomic mass is 10.3. The van der Waals surface area contributed by atoms with E-state index in [-0.39, 0.29) is 46.1 Å². The number of hydrogen-bond acceptors (Lipinski definition) is 14. The number of rotatable bonds is 17. The zero-order chi connectivity index (χ0) is 23.5. The number of hydrogen-bond donors (Lipinski definition) is 1. The van der Waals surface area contributed by atoms with E-state index in [0.717, 1.165) is 0 Å². The second-order valence-electron chi connectivity index (χ2n) is 5.20. The first-order valence-corrected chi connectivity index (χ1v) is 8.76. The SMILES string of the molecule is CC(OC(=O)CNC(=O)OCCOCCO[N+](=O)[O-])OC(=O)OCCCCO[N+](=O)[O-]. The number of ether oxygens (including phenoxy) is 5. The first-order valence-electron chi connectivity index (χ1n) is 8.76. The highest BCUT2D eigenvalue weighted by Crippen LogP contribution is 1.99. The Bertz CT molecular complexity index is 587. The number of unbranched alkanes of at least 4 members (excludes halogenated alkanes) is 1. The molecule has 0 saturated heterocycles. The van der Waals surface area contributed by atoms with Crippen LogP contribution in [-0.4, -0.2) is 80.9 Å². The molecule has 1 amide bonds. The van der Waals surface area contributed by atoms with Crippen LogP contribution < -0.4 is 5.32 Å². The van der Waals surface area contributed by atoms with Gasteiger partial charge in [0.05, 0.1) is 26.4 Å². The number of nitrogens with zero attached hydrogens (tertiary/aromatic N) is 2. The van der Waals surface area contributed by atoms with Gasteiger partial charge in [-0.2, -0.15) is 0 Å². The van der Waals surface area contributed by atoms with Crippen LogP contribution in [0.1, 0.15) is 19.8 Å². The van der Waals surface area contributed by atoms with E-state index >= 15 is 0 Å². The van der Waals surface area contributed by atoms with Gasteiger partial charge in [0.1, 0.15) is 19.8 Å². The van der Waals surface area contributed by atoms with Crippen molar-refractivity contribution >= 4 is 18.2 Å². The Morgan fingerprint density at radius 3 is 2.13 bits per heavy atom. The molecule has 0 aromatic heterocycles. The molecular weight excluding hydrogens is 434 g/mol. The molecule has 1 N–H and O–H groups in total. The van der Waals surface area contributed by atoms with Gasteiger partial charge in [-0.15, -0.1) is 20.2 Å². The minimum atomic E-state index is -1.30. The van der Waals surface area contributed by atoms with Crippen molar-refractivity contribution in [2.75, 3.05) is 46.2 Å². The maximum Gasteiger partial charge on any atom is 0.511 e. The van der Waals surface area contributed by atoms with Crippen molar-refractivity contribution in [2.45, 2.75) is 26.1 Å². The number of carbonyl (C=O) groups is 3. The lowest BCUT2D eigenvalue weighted by molar-refractivity contribution is -0.758. The maximum atomic E-state index is 11.5. The van der Waals surface area contributed by atoms with Crippen molar-refractivity contribution < 1.29 is 57.9 Å². The third kappa shape index (κ3) is 19.5. The summed E-state index contributed by atoms with van der Waals surface area (Å²) in [4.78, 5) is 62.1. The lowest BCUT2D eigenvalue weighted by Crippen LogP contribution is -2.34. The van der Waals surface area contributed by atoms with E-state index < -0.39 is 41.2 Å². The quantitative estimate of drug-likeness (QED) is 0.0758. The second kappa shape index (κ2) is 17.2.